The molecule has 196 valence electrons. The molecule has 0 radical (unpaired) electrons. The van der Waals surface area contributed by atoms with E-state index in [4.69, 9.17) is 14.2 Å². The van der Waals surface area contributed by atoms with Gasteiger partial charge in [-0.15, -0.1) is 6.58 Å². The molecule has 10 nitrogen and oxygen atoms in total. The summed E-state index contributed by atoms with van der Waals surface area (Å²) in [5.41, 5.74) is -1.99. The van der Waals surface area contributed by atoms with Crippen molar-refractivity contribution in [2.24, 2.45) is 11.8 Å². The summed E-state index contributed by atoms with van der Waals surface area (Å²) < 4.78 is 17.3. The quantitative estimate of drug-likeness (QED) is 0.336. The fourth-order valence-corrected chi connectivity index (χ4v) is 6.50. The Morgan fingerprint density at radius 2 is 2.06 bits per heavy atom. The van der Waals surface area contributed by atoms with E-state index < -0.39 is 41.1 Å². The van der Waals surface area contributed by atoms with E-state index in [0.29, 0.717) is 45.7 Å². The van der Waals surface area contributed by atoms with E-state index in [1.807, 2.05) is 6.92 Å². The highest BCUT2D eigenvalue weighted by Gasteiger charge is 2.78. The van der Waals surface area contributed by atoms with Crippen LogP contribution in [0.5, 0.6) is 0 Å². The maximum absolute atomic E-state index is 14.2. The first-order valence-electron chi connectivity index (χ1n) is 12.7. The molecule has 1 spiro atoms. The summed E-state index contributed by atoms with van der Waals surface area (Å²) in [5, 5.41) is 9.98. The molecule has 4 aliphatic heterocycles. The first-order valence-corrected chi connectivity index (χ1v) is 12.7. The van der Waals surface area contributed by atoms with E-state index in [0.717, 1.165) is 13.1 Å². The van der Waals surface area contributed by atoms with Crippen LogP contribution in [-0.4, -0.2) is 120 Å². The fraction of sp³-hybridized carbons (Fsp3) is 0.800. The number of rotatable bonds is 10. The number of fused-ring (bicyclic) bond motifs is 1. The van der Waals surface area contributed by atoms with Gasteiger partial charge in [0.05, 0.1) is 44.0 Å². The average molecular weight is 494 g/mol. The molecule has 4 aliphatic rings. The number of hydrogen-bond acceptors (Lipinski definition) is 8. The molecule has 4 heterocycles. The van der Waals surface area contributed by atoms with Gasteiger partial charge in [-0.05, 0) is 33.6 Å². The summed E-state index contributed by atoms with van der Waals surface area (Å²) in [4.78, 5) is 46.5. The van der Waals surface area contributed by atoms with E-state index in [-0.39, 0.29) is 25.0 Å². The summed E-state index contributed by atoms with van der Waals surface area (Å²) in [6.45, 7) is 13.4. The van der Waals surface area contributed by atoms with Gasteiger partial charge in [0.2, 0.25) is 11.8 Å². The van der Waals surface area contributed by atoms with Crippen LogP contribution in [0.1, 0.15) is 33.6 Å². The number of ether oxygens (including phenoxy) is 3. The number of morpholine rings is 1. The number of esters is 1. The Morgan fingerprint density at radius 3 is 2.69 bits per heavy atom. The van der Waals surface area contributed by atoms with Crippen LogP contribution in [0.15, 0.2) is 12.7 Å². The van der Waals surface area contributed by atoms with Gasteiger partial charge < -0.3 is 29.1 Å². The van der Waals surface area contributed by atoms with Gasteiger partial charge in [0.25, 0.3) is 0 Å². The molecule has 0 aliphatic carbocycles. The van der Waals surface area contributed by atoms with E-state index in [1.165, 1.54) is 4.90 Å². The fourth-order valence-electron chi connectivity index (χ4n) is 6.50. The van der Waals surface area contributed by atoms with Crippen molar-refractivity contribution in [3.63, 3.8) is 0 Å². The number of likely N-dealkylation sites (tertiary alicyclic amines) is 1. The summed E-state index contributed by atoms with van der Waals surface area (Å²) in [6, 6.07) is -1.52. The van der Waals surface area contributed by atoms with Crippen molar-refractivity contribution in [1.82, 2.24) is 14.7 Å². The second kappa shape index (κ2) is 10.2. The Kier molecular flexibility index (Phi) is 7.57. The number of nitrogens with zero attached hydrogens (tertiary/aromatic N) is 3. The third-order valence-corrected chi connectivity index (χ3v) is 8.18. The molecule has 0 aromatic carbocycles. The van der Waals surface area contributed by atoms with Gasteiger partial charge in [0.1, 0.15) is 17.6 Å². The number of aliphatic hydroxyl groups excluding tert-OH is 1. The van der Waals surface area contributed by atoms with Gasteiger partial charge in [0, 0.05) is 32.7 Å². The minimum Gasteiger partial charge on any atom is -0.466 e. The zero-order valence-electron chi connectivity index (χ0n) is 21.1. The number of carbonyl (C=O) groups is 3. The van der Waals surface area contributed by atoms with E-state index in [9.17, 15) is 19.5 Å². The lowest BCUT2D eigenvalue weighted by molar-refractivity contribution is -0.161. The average Bonchev–Trinajstić information content (AvgIpc) is 3.42. The minimum atomic E-state index is -1.12. The molecule has 2 amide bonds. The molecule has 2 unspecified atom stereocenters. The molecule has 35 heavy (non-hydrogen) atoms. The topological polar surface area (TPSA) is 109 Å². The van der Waals surface area contributed by atoms with E-state index in [2.05, 4.69) is 11.5 Å². The molecule has 6 atom stereocenters. The van der Waals surface area contributed by atoms with Crippen LogP contribution in [0, 0.1) is 11.8 Å². The van der Waals surface area contributed by atoms with Crippen molar-refractivity contribution in [3.8, 4) is 0 Å². The van der Waals surface area contributed by atoms with Crippen LogP contribution in [0.3, 0.4) is 0 Å². The Hall–Kier alpha value is -2.01. The molecule has 10 heteroatoms. The molecule has 0 saturated carbocycles. The van der Waals surface area contributed by atoms with Crippen molar-refractivity contribution < 1.29 is 33.7 Å². The summed E-state index contributed by atoms with van der Waals surface area (Å²) in [6.07, 6.45) is 2.73. The first kappa shape index (κ1) is 26.1. The largest absolute Gasteiger partial charge is 0.466 e. The maximum Gasteiger partial charge on any atom is 0.312 e. The van der Waals surface area contributed by atoms with Crippen LogP contribution in [0.25, 0.3) is 0 Å². The van der Waals surface area contributed by atoms with Crippen molar-refractivity contribution in [2.75, 3.05) is 59.2 Å². The summed E-state index contributed by atoms with van der Waals surface area (Å²) >= 11 is 0. The Morgan fingerprint density at radius 1 is 1.34 bits per heavy atom. The van der Waals surface area contributed by atoms with E-state index in [1.54, 1.807) is 24.8 Å². The monoisotopic (exact) mass is 493 g/mol. The highest BCUT2D eigenvalue weighted by molar-refractivity contribution is 5.98. The molecule has 4 rings (SSSR count). The molecule has 4 saturated heterocycles. The second-order valence-corrected chi connectivity index (χ2v) is 10.3. The standard InChI is InChI=1S/C25H39N3O7/c1-5-9-27(11-10-26-12-14-33-15-13-26)22(31)20-25-8-7-24(4,35-25)19(23(32)34-6-2)18(25)21(30)28(20)17(3)16-29/h5,17-20,29H,1,6-16H2,2-4H3/t17-,18+,19+,20?,24-,25?/m1/s1. The third kappa shape index (κ3) is 4.28. The molecule has 4 fully saturated rings. The first-order chi connectivity index (χ1) is 16.7. The zero-order valence-corrected chi connectivity index (χ0v) is 21.1. The lowest BCUT2D eigenvalue weighted by atomic mass is 9.66. The van der Waals surface area contributed by atoms with Crippen LogP contribution in [0.4, 0.5) is 0 Å². The Balaban J connectivity index is 1.66. The predicted molar refractivity (Wildman–Crippen MR) is 126 cm³/mol. The number of hydrogen-bond donors (Lipinski definition) is 1. The van der Waals surface area contributed by atoms with Crippen molar-refractivity contribution in [3.05, 3.63) is 12.7 Å². The smallest absolute Gasteiger partial charge is 0.312 e. The Labute approximate surface area is 207 Å². The normalized spacial score (nSPS) is 35.1. The van der Waals surface area contributed by atoms with Crippen molar-refractivity contribution in [1.29, 1.82) is 0 Å². The van der Waals surface area contributed by atoms with Gasteiger partial charge in [-0.3, -0.25) is 19.3 Å². The van der Waals surface area contributed by atoms with Crippen LogP contribution >= 0.6 is 0 Å². The SMILES string of the molecule is C=CCN(CCN1CCOCC1)C(=O)C1N([C@H](C)CO)C(=O)[C@@H]2[C@@H](C(=O)OCC)[C@@]3(C)CCC12O3. The number of amides is 2. The Bertz CT molecular complexity index is 847. The van der Waals surface area contributed by atoms with Crippen molar-refractivity contribution in [2.45, 2.75) is 56.9 Å². The highest BCUT2D eigenvalue weighted by Crippen LogP contribution is 2.63. The molecule has 2 bridgehead atoms. The summed E-state index contributed by atoms with van der Waals surface area (Å²) in [7, 11) is 0. The molecular formula is C25H39N3O7. The number of aliphatic hydroxyl groups is 1. The highest BCUT2D eigenvalue weighted by atomic mass is 16.6. The van der Waals surface area contributed by atoms with Crippen molar-refractivity contribution >= 4 is 17.8 Å². The lowest BCUT2D eigenvalue weighted by Crippen LogP contribution is -2.59. The van der Waals surface area contributed by atoms with Gasteiger partial charge in [0.15, 0.2) is 0 Å². The van der Waals surface area contributed by atoms with Crippen LogP contribution < -0.4 is 0 Å². The minimum absolute atomic E-state index is 0.201. The third-order valence-electron chi connectivity index (χ3n) is 8.18. The lowest BCUT2D eigenvalue weighted by Gasteiger charge is -2.39. The predicted octanol–water partition coefficient (Wildman–Crippen LogP) is 0.0418. The molecule has 0 aromatic rings. The van der Waals surface area contributed by atoms with Crippen LogP contribution in [0.2, 0.25) is 0 Å². The zero-order chi connectivity index (χ0) is 25.4. The van der Waals surface area contributed by atoms with Gasteiger partial charge in [-0.25, -0.2) is 0 Å². The van der Waals surface area contributed by atoms with Gasteiger partial charge in [-0.2, -0.15) is 0 Å². The summed E-state index contributed by atoms with van der Waals surface area (Å²) in [5.74, 6) is -2.61. The molecule has 1 N–H and O–H groups in total. The number of carbonyl (C=O) groups excluding carboxylic acids is 3. The van der Waals surface area contributed by atoms with Gasteiger partial charge >= 0.3 is 5.97 Å². The maximum atomic E-state index is 14.2. The second-order valence-electron chi connectivity index (χ2n) is 10.3. The molecule has 0 aromatic heterocycles. The van der Waals surface area contributed by atoms with Crippen LogP contribution in [-0.2, 0) is 28.6 Å². The van der Waals surface area contributed by atoms with E-state index >= 15 is 0 Å². The molecular weight excluding hydrogens is 454 g/mol. The van der Waals surface area contributed by atoms with Gasteiger partial charge in [-0.1, -0.05) is 6.08 Å².